The van der Waals surface area contributed by atoms with Crippen LogP contribution in [0.3, 0.4) is 0 Å². The minimum absolute atomic E-state index is 0. The van der Waals surface area contributed by atoms with Crippen LogP contribution in [-0.4, -0.2) is 97.3 Å². The fraction of sp³-hybridized carbons (Fsp3) is 0.302. The summed E-state index contributed by atoms with van der Waals surface area (Å²) < 4.78 is 249. The SMILES string of the molecule is C=CC#N.N#CCC[C@@H]1C(=O)CC[C@@]2(S(=O)(=O)c3ccc(Cl)cc3)c3c(F)ccc(F)c3OC[C@@H]12.N#CCC[C@@H]1[C@@H](O)CC[C@@]2(S(=O)(=O)c3ccc(Cl)cc3)c3c(F)ccc(F)c3OC[C@@H]12.N#CCC[C@@H]1[C@H](N[P+](c2ccccc2)(c2ccccc2)c2ccccc2)CC[C@@]2(S(=O)(=O)c3ccc(Cl)cc3)c3c(F)ccc(F)c3OC[C@@H]12.O=C1CC[C@@]2(S(=O)(=O)c3ccc(Cl)cc3)c3c(F)ccc(F)c3OC[C@H]2C1.[B].[H-].[Na+]. The third kappa shape index (κ3) is 20.3. The van der Waals surface area contributed by atoms with Crippen molar-refractivity contribution < 1.29 is 133 Å². The summed E-state index contributed by atoms with van der Waals surface area (Å²) in [6, 6.07) is 67.9. The van der Waals surface area contributed by atoms with E-state index < -0.39 is 177 Å². The Bertz CT molecular complexity index is 7290. The zero-order valence-electron chi connectivity index (χ0n) is 78.6. The predicted molar refractivity (Wildman–Crippen MR) is 530 cm³/mol. The van der Waals surface area contributed by atoms with E-state index in [1.54, 1.807) is 6.07 Å². The number of halogens is 12. The molecule has 0 saturated heterocycles. The first-order chi connectivity index (χ1) is 68.4. The van der Waals surface area contributed by atoms with Crippen molar-refractivity contribution >= 4 is 129 Å². The van der Waals surface area contributed by atoms with Gasteiger partial charge in [0.25, 0.3) is 0 Å². The standard InChI is InChI=1S/C40H35ClF2N2O3PS.C22H20ClF2NO4S.C22H18ClF2NO4S.C19H15ClF2O4S.C3H3N.B.Na.H/c41-28-18-20-32(21-19-28)50(46,47)40-25-24-37(33(17-10-26-44)34(40)27-48-39-36(43)23-22-35(42)38(39)40)45-49(29-11-4-1-5-12-29,30-13-6-2-7-14-30)31-15-8-3-9-16-31;2*23-13-3-5-14(6-4-13)31(28,29)22-10-9-19(27)15(2-1-11-26)16(22)12-30-21-18(25)8-7-17(24)20(21)22;20-12-1-3-14(4-2-12)27(24,25)19-8-7-13(23)9-11(19)10-26-18-16(22)6-5-15(21)17(18)19;1-2-3-4;;;/h1-9,11-16,18-23,33-34,37,45H,10,17,24-25,27H2;3-8,15-16,19,27H,1-2,9-10,12H2;3-8,15-16H,1-2,9-10,12H2;1-6,11H,7-10H2;2H,1H2;;;/q+1;;;;;;+1;-1/t33-,34-,37+,40-;15-,16-,19-,22-;15-,16-,22-;11-,19+;;;;/m0001..../s1. The Kier molecular flexibility index (Phi) is 35.5. The van der Waals surface area contributed by atoms with E-state index in [1.807, 2.05) is 66.7 Å². The molecule has 0 aromatic heterocycles. The van der Waals surface area contributed by atoms with Gasteiger partial charge in [-0.1, -0.05) is 108 Å². The van der Waals surface area contributed by atoms with Gasteiger partial charge in [-0.25, -0.2) is 68.8 Å². The summed E-state index contributed by atoms with van der Waals surface area (Å²) in [4.78, 5) is 24.5. The molecule has 4 fully saturated rings. The molecule has 747 valence electrons. The Morgan fingerprint density at radius 1 is 0.407 bits per heavy atom. The van der Waals surface area contributed by atoms with E-state index in [0.29, 0.717) is 32.9 Å². The summed E-state index contributed by atoms with van der Waals surface area (Å²) >= 11 is 23.9. The number of rotatable bonds is 19. The van der Waals surface area contributed by atoms with E-state index in [2.05, 4.69) is 54.1 Å². The fourth-order valence-electron chi connectivity index (χ4n) is 22.3. The zero-order chi connectivity index (χ0) is 103. The number of nitriles is 4. The van der Waals surface area contributed by atoms with E-state index in [9.17, 15) is 62.8 Å². The van der Waals surface area contributed by atoms with Gasteiger partial charge < -0.3 is 25.5 Å². The van der Waals surface area contributed by atoms with E-state index in [1.165, 1.54) is 103 Å². The minimum Gasteiger partial charge on any atom is -1.00 e. The summed E-state index contributed by atoms with van der Waals surface area (Å²) in [6.07, 6.45) is 0.926. The van der Waals surface area contributed by atoms with Crippen LogP contribution in [0.15, 0.2) is 269 Å². The molecule has 0 bridgehead atoms. The Labute approximate surface area is 881 Å². The van der Waals surface area contributed by atoms with Gasteiger partial charge in [-0.3, -0.25) is 9.59 Å². The second-order valence-corrected chi connectivity index (χ2v) is 49.4. The van der Waals surface area contributed by atoms with Crippen molar-refractivity contribution in [2.75, 3.05) is 26.4 Å². The summed E-state index contributed by atoms with van der Waals surface area (Å²) in [5.74, 6) is -14.2. The molecule has 3 radical (unpaired) electrons. The van der Waals surface area contributed by atoms with Crippen LogP contribution in [-0.2, 0) is 67.9 Å². The molecule has 8 aliphatic rings. The van der Waals surface area contributed by atoms with Crippen molar-refractivity contribution in [1.29, 1.82) is 21.0 Å². The average Bonchev–Trinajstić information content (AvgIpc) is 0.628. The molecule has 0 spiro atoms. The number of nitrogens with zero attached hydrogens (tertiary/aromatic N) is 4. The first-order valence-corrected chi connectivity index (χ1v) is 54.8. The molecule has 11 aromatic carbocycles. The average molecular weight is 2160 g/mol. The topological polar surface area (TPSA) is 335 Å². The number of fused-ring (bicyclic) bond motifs is 12. The molecule has 11 aromatic rings. The Balaban J connectivity index is 0.000000175. The first-order valence-electron chi connectivity index (χ1n) is 45.5. The summed E-state index contributed by atoms with van der Waals surface area (Å²) in [7, 11) is -19.8. The van der Waals surface area contributed by atoms with Crippen LogP contribution in [0, 0.1) is 133 Å². The van der Waals surface area contributed by atoms with Gasteiger partial charge in [0.05, 0.1) is 98.6 Å². The summed E-state index contributed by atoms with van der Waals surface area (Å²) in [6.45, 7) is 2.29. The van der Waals surface area contributed by atoms with Crippen LogP contribution >= 0.6 is 53.8 Å². The van der Waals surface area contributed by atoms with Gasteiger partial charge in [-0.2, -0.15) is 26.1 Å². The number of nitrogens with one attached hydrogen (secondary N) is 1. The number of allylic oxidation sites excluding steroid dienone is 1. The van der Waals surface area contributed by atoms with Crippen LogP contribution in [0.1, 0.15) is 120 Å². The minimum atomic E-state index is -4.38. The second kappa shape index (κ2) is 46.1. The summed E-state index contributed by atoms with van der Waals surface area (Å²) in [5, 5.41) is 54.8. The van der Waals surface area contributed by atoms with Gasteiger partial charge in [0.15, 0.2) is 93.0 Å². The molecule has 13 atom stereocenters. The maximum absolute atomic E-state index is 16.2. The molecule has 2 N–H and O–H groups in total. The van der Waals surface area contributed by atoms with Gasteiger partial charge in [0.1, 0.15) is 69.7 Å². The van der Waals surface area contributed by atoms with Crippen LogP contribution in [0.4, 0.5) is 35.1 Å². The van der Waals surface area contributed by atoms with Crippen molar-refractivity contribution in [3.8, 4) is 47.3 Å². The van der Waals surface area contributed by atoms with E-state index in [4.69, 9.17) is 81.1 Å². The number of carbonyl (C=O) groups excluding carboxylic acids is 2. The van der Waals surface area contributed by atoms with Gasteiger partial charge in [0, 0.05) is 109 Å². The van der Waals surface area contributed by atoms with Crippen LogP contribution in [0.25, 0.3) is 0 Å². The van der Waals surface area contributed by atoms with Gasteiger partial charge in [-0.05, 0) is 252 Å². The summed E-state index contributed by atoms with van der Waals surface area (Å²) in [5.41, 5.74) is -1.32. The number of sulfone groups is 4. The number of ether oxygens (including phenoxy) is 4. The molecule has 145 heavy (non-hydrogen) atoms. The monoisotopic (exact) mass is 2160 g/mol. The van der Waals surface area contributed by atoms with Gasteiger partial charge >= 0.3 is 29.6 Å². The van der Waals surface area contributed by atoms with Crippen LogP contribution in [0.2, 0.25) is 20.1 Å². The van der Waals surface area contributed by atoms with Crippen molar-refractivity contribution in [2.45, 2.75) is 147 Å². The molecular formula is C106H92BCl4F8N5NaO15PS4+. The third-order valence-corrected chi connectivity index (χ3v) is 43.9. The number of aliphatic hydroxyl groups is 1. The normalized spacial score (nSPS) is 23.4. The molecule has 19 rings (SSSR count). The maximum atomic E-state index is 16.2. The van der Waals surface area contributed by atoms with Gasteiger partial charge in [-0.15, -0.1) is 0 Å². The van der Waals surface area contributed by atoms with E-state index in [0.717, 1.165) is 64.4 Å². The fourth-order valence-corrected chi connectivity index (χ4v) is 36.4. The zero-order valence-corrected chi connectivity index (χ0v) is 86.8. The number of ketones is 2. The molecular weight excluding hydrogens is 2070 g/mol. The molecule has 4 aliphatic carbocycles. The Hall–Kier alpha value is -10.5. The first kappa shape index (κ1) is 112. The molecule has 4 aliphatic heterocycles. The quantitative estimate of drug-likeness (QED) is 0.0329. The molecule has 39 heteroatoms. The Morgan fingerprint density at radius 2 is 0.703 bits per heavy atom. The number of aliphatic hydroxyl groups excluding tert-OH is 1. The van der Waals surface area contributed by atoms with E-state index >= 15 is 26.0 Å². The Morgan fingerprint density at radius 3 is 1.06 bits per heavy atom. The second-order valence-electron chi connectivity index (χ2n) is 35.7. The molecule has 0 unspecified atom stereocenters. The number of hydrogen-bond acceptors (Lipinski definition) is 20. The largest absolute Gasteiger partial charge is 1.00 e. The number of carbonyl (C=O) groups is 2. The third-order valence-electron chi connectivity index (χ3n) is 28.7. The predicted octanol–water partition coefficient (Wildman–Crippen LogP) is 18.3. The molecule has 4 saturated carbocycles. The number of Topliss-reactive ketones (excluding diaryl/α,β-unsaturated/α-hetero) is 2. The van der Waals surface area contributed by atoms with Crippen molar-refractivity contribution in [3.63, 3.8) is 0 Å². The number of hydrogen-bond donors (Lipinski definition) is 2. The van der Waals surface area contributed by atoms with Crippen molar-refractivity contribution in [2.24, 2.45) is 41.4 Å². The molecule has 0 amide bonds. The van der Waals surface area contributed by atoms with Crippen molar-refractivity contribution in [3.05, 3.63) is 338 Å². The number of benzene rings is 11. The van der Waals surface area contributed by atoms with E-state index in [-0.39, 0.29) is 214 Å². The van der Waals surface area contributed by atoms with Gasteiger partial charge in [0.2, 0.25) is 0 Å². The smallest absolute Gasteiger partial charge is 1.00 e. The molecule has 4 heterocycles. The molecule has 20 nitrogen and oxygen atoms in total. The van der Waals surface area contributed by atoms with Crippen LogP contribution < -0.4 is 69.5 Å². The maximum Gasteiger partial charge on any atom is 1.00 e. The van der Waals surface area contributed by atoms with Crippen LogP contribution in [0.5, 0.6) is 23.0 Å². The van der Waals surface area contributed by atoms with Crippen molar-refractivity contribution in [1.82, 2.24) is 5.09 Å².